The lowest BCUT2D eigenvalue weighted by molar-refractivity contribution is 0.0966. The predicted octanol–water partition coefficient (Wildman–Crippen LogP) is -0.614. The second-order valence-corrected chi connectivity index (χ2v) is 3.11. The molecule has 5 heteroatoms. The first-order valence-electron chi connectivity index (χ1n) is 4.49. The summed E-state index contributed by atoms with van der Waals surface area (Å²) in [5.74, 6) is -1.32. The van der Waals surface area contributed by atoms with E-state index in [1.54, 1.807) is 12.1 Å². The molecule has 0 bridgehead atoms. The van der Waals surface area contributed by atoms with Crippen LogP contribution in [0.2, 0.25) is 0 Å². The summed E-state index contributed by atoms with van der Waals surface area (Å²) in [7, 11) is 0. The minimum atomic E-state index is -0.664. The molecule has 0 heterocycles. The zero-order valence-corrected chi connectivity index (χ0v) is 8.19. The van der Waals surface area contributed by atoms with E-state index in [1.165, 1.54) is 6.07 Å². The molecule has 1 rings (SSSR count). The van der Waals surface area contributed by atoms with Crippen molar-refractivity contribution in [3.05, 3.63) is 34.9 Å². The first-order chi connectivity index (χ1) is 7.07. The standard InChI is InChI=1S/C10H13N3O2/c11-5-4-6-2-1-3-7(9(12)14)8(6)10(13)15/h1-3H,4-5,11H2,(H2,12,14)(H2,13,15). The van der Waals surface area contributed by atoms with Crippen LogP contribution in [-0.2, 0) is 6.42 Å². The molecule has 6 N–H and O–H groups in total. The molecule has 0 aliphatic heterocycles. The minimum Gasteiger partial charge on any atom is -0.366 e. The number of amides is 2. The molecule has 0 spiro atoms. The van der Waals surface area contributed by atoms with E-state index in [4.69, 9.17) is 17.2 Å². The van der Waals surface area contributed by atoms with Gasteiger partial charge in [-0.25, -0.2) is 0 Å². The number of primary amides is 2. The molecule has 0 fully saturated rings. The van der Waals surface area contributed by atoms with Gasteiger partial charge in [0.1, 0.15) is 0 Å². The van der Waals surface area contributed by atoms with Gasteiger partial charge in [0.2, 0.25) is 11.8 Å². The van der Waals surface area contributed by atoms with Crippen LogP contribution < -0.4 is 17.2 Å². The molecular weight excluding hydrogens is 194 g/mol. The fraction of sp³-hybridized carbons (Fsp3) is 0.200. The first kappa shape index (κ1) is 11.2. The summed E-state index contributed by atoms with van der Waals surface area (Å²) in [6.45, 7) is 0.377. The van der Waals surface area contributed by atoms with E-state index in [0.717, 1.165) is 0 Å². The van der Waals surface area contributed by atoms with Crippen LogP contribution >= 0.6 is 0 Å². The Hall–Kier alpha value is -1.88. The largest absolute Gasteiger partial charge is 0.366 e. The molecule has 0 aromatic heterocycles. The van der Waals surface area contributed by atoms with Crippen molar-refractivity contribution in [1.82, 2.24) is 0 Å². The molecule has 1 aromatic rings. The van der Waals surface area contributed by atoms with E-state index < -0.39 is 11.8 Å². The monoisotopic (exact) mass is 207 g/mol. The van der Waals surface area contributed by atoms with Crippen molar-refractivity contribution < 1.29 is 9.59 Å². The van der Waals surface area contributed by atoms with Gasteiger partial charge in [0, 0.05) is 0 Å². The van der Waals surface area contributed by atoms with E-state index in [2.05, 4.69) is 0 Å². The normalized spacial score (nSPS) is 9.93. The molecule has 0 aliphatic carbocycles. The van der Waals surface area contributed by atoms with Crippen LogP contribution in [0.3, 0.4) is 0 Å². The maximum absolute atomic E-state index is 11.2. The Balaban J connectivity index is 3.34. The predicted molar refractivity (Wildman–Crippen MR) is 56.2 cm³/mol. The van der Waals surface area contributed by atoms with Gasteiger partial charge in [0.25, 0.3) is 0 Å². The molecule has 5 nitrogen and oxygen atoms in total. The molecule has 0 atom stereocenters. The lowest BCUT2D eigenvalue weighted by Crippen LogP contribution is -2.23. The highest BCUT2D eigenvalue weighted by Gasteiger charge is 2.16. The zero-order valence-electron chi connectivity index (χ0n) is 8.19. The summed E-state index contributed by atoms with van der Waals surface area (Å²) in [5.41, 5.74) is 16.7. The van der Waals surface area contributed by atoms with Crippen molar-refractivity contribution in [3.8, 4) is 0 Å². The summed E-state index contributed by atoms with van der Waals surface area (Å²) >= 11 is 0. The molecule has 2 amide bonds. The van der Waals surface area contributed by atoms with Gasteiger partial charge in [0.15, 0.2) is 0 Å². The second-order valence-electron chi connectivity index (χ2n) is 3.11. The number of rotatable bonds is 4. The second kappa shape index (κ2) is 4.56. The van der Waals surface area contributed by atoms with Crippen LogP contribution in [0.1, 0.15) is 26.3 Å². The van der Waals surface area contributed by atoms with Gasteiger partial charge < -0.3 is 17.2 Å². The fourth-order valence-electron chi connectivity index (χ4n) is 1.46. The molecule has 0 radical (unpaired) electrons. The fourth-order valence-corrected chi connectivity index (χ4v) is 1.46. The topological polar surface area (TPSA) is 112 Å². The van der Waals surface area contributed by atoms with E-state index in [-0.39, 0.29) is 11.1 Å². The van der Waals surface area contributed by atoms with E-state index in [0.29, 0.717) is 18.5 Å². The lowest BCUT2D eigenvalue weighted by atomic mass is 9.98. The quantitative estimate of drug-likeness (QED) is 0.611. The van der Waals surface area contributed by atoms with Gasteiger partial charge >= 0.3 is 0 Å². The van der Waals surface area contributed by atoms with Gasteiger partial charge in [-0.3, -0.25) is 9.59 Å². The molecular formula is C10H13N3O2. The van der Waals surface area contributed by atoms with Crippen LogP contribution in [0, 0.1) is 0 Å². The Kier molecular flexibility index (Phi) is 3.41. The maximum atomic E-state index is 11.2. The van der Waals surface area contributed by atoms with Gasteiger partial charge in [-0.1, -0.05) is 12.1 Å². The van der Waals surface area contributed by atoms with Crippen LogP contribution in [0.5, 0.6) is 0 Å². The molecule has 0 saturated carbocycles. The Bertz CT molecular complexity index is 402. The average molecular weight is 207 g/mol. The number of carbonyl (C=O) groups is 2. The third kappa shape index (κ3) is 2.32. The van der Waals surface area contributed by atoms with Gasteiger partial charge in [-0.15, -0.1) is 0 Å². The minimum absolute atomic E-state index is 0.147. The highest BCUT2D eigenvalue weighted by molar-refractivity contribution is 6.07. The number of carbonyl (C=O) groups excluding carboxylic acids is 2. The van der Waals surface area contributed by atoms with Gasteiger partial charge in [-0.2, -0.15) is 0 Å². The highest BCUT2D eigenvalue weighted by atomic mass is 16.2. The summed E-state index contributed by atoms with van der Waals surface area (Å²) in [4.78, 5) is 22.3. The van der Waals surface area contributed by atoms with Crippen molar-refractivity contribution in [2.24, 2.45) is 17.2 Å². The molecule has 0 unspecified atom stereocenters. The van der Waals surface area contributed by atoms with Crippen LogP contribution in [-0.4, -0.2) is 18.4 Å². The molecule has 80 valence electrons. The Morgan fingerprint density at radius 1 is 1.13 bits per heavy atom. The number of hydrogen-bond acceptors (Lipinski definition) is 3. The SMILES string of the molecule is NCCc1cccc(C(N)=O)c1C(N)=O. The summed E-state index contributed by atoms with van der Waals surface area (Å²) in [6.07, 6.45) is 0.486. The number of hydrogen-bond donors (Lipinski definition) is 3. The van der Waals surface area contributed by atoms with Crippen molar-refractivity contribution in [2.75, 3.05) is 6.54 Å². The zero-order chi connectivity index (χ0) is 11.4. The van der Waals surface area contributed by atoms with Gasteiger partial charge in [-0.05, 0) is 24.6 Å². The van der Waals surface area contributed by atoms with Crippen LogP contribution in [0.25, 0.3) is 0 Å². The van der Waals surface area contributed by atoms with Crippen molar-refractivity contribution >= 4 is 11.8 Å². The average Bonchev–Trinajstić information content (AvgIpc) is 2.17. The lowest BCUT2D eigenvalue weighted by Gasteiger charge is -2.08. The highest BCUT2D eigenvalue weighted by Crippen LogP contribution is 2.14. The summed E-state index contributed by atoms with van der Waals surface area (Å²) in [6, 6.07) is 4.83. The summed E-state index contributed by atoms with van der Waals surface area (Å²) < 4.78 is 0. The van der Waals surface area contributed by atoms with Crippen molar-refractivity contribution in [2.45, 2.75) is 6.42 Å². The van der Waals surface area contributed by atoms with E-state index in [1.807, 2.05) is 0 Å². The first-order valence-corrected chi connectivity index (χ1v) is 4.49. The van der Waals surface area contributed by atoms with Gasteiger partial charge in [0.05, 0.1) is 11.1 Å². The molecule has 0 aliphatic rings. The third-order valence-corrected chi connectivity index (χ3v) is 2.08. The van der Waals surface area contributed by atoms with Crippen LogP contribution in [0.15, 0.2) is 18.2 Å². The third-order valence-electron chi connectivity index (χ3n) is 2.08. The van der Waals surface area contributed by atoms with Crippen LogP contribution in [0.4, 0.5) is 0 Å². The number of benzene rings is 1. The maximum Gasteiger partial charge on any atom is 0.249 e. The molecule has 1 aromatic carbocycles. The van der Waals surface area contributed by atoms with Crippen molar-refractivity contribution in [3.63, 3.8) is 0 Å². The number of nitrogens with two attached hydrogens (primary N) is 3. The smallest absolute Gasteiger partial charge is 0.249 e. The van der Waals surface area contributed by atoms with E-state index >= 15 is 0 Å². The molecule has 0 saturated heterocycles. The molecule has 15 heavy (non-hydrogen) atoms. The van der Waals surface area contributed by atoms with E-state index in [9.17, 15) is 9.59 Å². The van der Waals surface area contributed by atoms with Crippen molar-refractivity contribution in [1.29, 1.82) is 0 Å². The Morgan fingerprint density at radius 3 is 2.27 bits per heavy atom. The Morgan fingerprint density at radius 2 is 1.80 bits per heavy atom. The summed E-state index contributed by atoms with van der Waals surface area (Å²) in [5, 5.41) is 0. The Labute approximate surface area is 87.2 Å².